The molecule has 0 bridgehead atoms. The Bertz CT molecular complexity index is 502. The average molecular weight is 342 g/mol. The van der Waals surface area contributed by atoms with Crippen LogP contribution in [-0.4, -0.2) is 37.2 Å². The zero-order chi connectivity index (χ0) is 14.7. The van der Waals surface area contributed by atoms with Crippen molar-refractivity contribution in [1.29, 1.82) is 0 Å². The molecular weight excluding hydrogens is 322 g/mol. The number of esters is 1. The zero-order valence-corrected chi connectivity index (χ0v) is 13.7. The van der Waals surface area contributed by atoms with Crippen LogP contribution in [0.3, 0.4) is 0 Å². The maximum atomic E-state index is 11.5. The molecule has 110 valence electrons. The summed E-state index contributed by atoms with van der Waals surface area (Å²) >= 11 is 3.54. The Morgan fingerprint density at radius 2 is 2.25 bits per heavy atom. The lowest BCUT2D eigenvalue weighted by molar-refractivity contribution is -0.142. The molecule has 5 heteroatoms. The van der Waals surface area contributed by atoms with Crippen LogP contribution in [0.15, 0.2) is 16.6 Å². The molecule has 20 heavy (non-hydrogen) atoms. The highest BCUT2D eigenvalue weighted by Gasteiger charge is 2.21. The van der Waals surface area contributed by atoms with E-state index in [1.54, 1.807) is 0 Å². The van der Waals surface area contributed by atoms with Crippen LogP contribution in [0.2, 0.25) is 0 Å². The van der Waals surface area contributed by atoms with Gasteiger partial charge in [0.15, 0.2) is 0 Å². The van der Waals surface area contributed by atoms with E-state index in [0.29, 0.717) is 6.54 Å². The highest BCUT2D eigenvalue weighted by molar-refractivity contribution is 9.10. The number of rotatable bonds is 5. The summed E-state index contributed by atoms with van der Waals surface area (Å²) < 4.78 is 11.6. The van der Waals surface area contributed by atoms with E-state index in [0.717, 1.165) is 28.8 Å². The summed E-state index contributed by atoms with van der Waals surface area (Å²) in [6.07, 6.45) is 0.945. The summed E-state index contributed by atoms with van der Waals surface area (Å²) in [5, 5.41) is 0. The minimum atomic E-state index is -0.216. The molecule has 0 fully saturated rings. The van der Waals surface area contributed by atoms with Crippen molar-refractivity contribution < 1.29 is 14.3 Å². The molecule has 1 aliphatic rings. The molecule has 4 nitrogen and oxygen atoms in total. The molecule has 1 aliphatic heterocycles. The molecule has 1 heterocycles. The van der Waals surface area contributed by atoms with E-state index in [4.69, 9.17) is 9.47 Å². The van der Waals surface area contributed by atoms with Gasteiger partial charge in [-0.3, -0.25) is 9.69 Å². The number of benzene rings is 1. The zero-order valence-electron chi connectivity index (χ0n) is 12.1. The topological polar surface area (TPSA) is 38.8 Å². The van der Waals surface area contributed by atoms with E-state index in [-0.39, 0.29) is 18.6 Å². The molecule has 0 N–H and O–H groups in total. The summed E-state index contributed by atoms with van der Waals surface area (Å²) in [4.78, 5) is 13.6. The standard InChI is InChI=1S/C15H20BrNO3/c1-10(2)17(9-14(18)19-3)8-12-7-13(16)6-11-4-5-20-15(11)12/h6-7,10H,4-5,8-9H2,1-3H3. The van der Waals surface area contributed by atoms with E-state index in [1.807, 2.05) is 0 Å². The monoisotopic (exact) mass is 341 g/mol. The fourth-order valence-corrected chi connectivity index (χ4v) is 2.89. The van der Waals surface area contributed by atoms with Gasteiger partial charge in [0.1, 0.15) is 5.75 Å². The predicted molar refractivity (Wildman–Crippen MR) is 80.9 cm³/mol. The van der Waals surface area contributed by atoms with E-state index in [1.165, 1.54) is 12.7 Å². The first kappa shape index (κ1) is 15.3. The van der Waals surface area contributed by atoms with Gasteiger partial charge in [-0.25, -0.2) is 0 Å². The molecule has 0 atom stereocenters. The van der Waals surface area contributed by atoms with Crippen molar-refractivity contribution in [2.75, 3.05) is 20.3 Å². The van der Waals surface area contributed by atoms with Gasteiger partial charge >= 0.3 is 5.97 Å². The Labute approximate surface area is 128 Å². The van der Waals surface area contributed by atoms with Crippen LogP contribution in [0.5, 0.6) is 5.75 Å². The van der Waals surface area contributed by atoms with Crippen molar-refractivity contribution in [3.63, 3.8) is 0 Å². The Morgan fingerprint density at radius 1 is 1.50 bits per heavy atom. The van der Waals surface area contributed by atoms with Crippen molar-refractivity contribution in [3.8, 4) is 5.75 Å². The average Bonchev–Trinajstić information content (AvgIpc) is 2.85. The number of fused-ring (bicyclic) bond motifs is 1. The molecule has 2 rings (SSSR count). The van der Waals surface area contributed by atoms with Gasteiger partial charge in [0, 0.05) is 29.0 Å². The second-order valence-corrected chi connectivity index (χ2v) is 6.14. The Kier molecular flexibility index (Phi) is 5.05. The summed E-state index contributed by atoms with van der Waals surface area (Å²) in [5.41, 5.74) is 2.35. The molecule has 1 aromatic rings. The molecule has 0 unspecified atom stereocenters. The summed E-state index contributed by atoms with van der Waals surface area (Å²) in [6, 6.07) is 4.42. The second-order valence-electron chi connectivity index (χ2n) is 5.23. The number of carbonyl (C=O) groups is 1. The smallest absolute Gasteiger partial charge is 0.319 e. The van der Waals surface area contributed by atoms with Gasteiger partial charge in [-0.1, -0.05) is 15.9 Å². The van der Waals surface area contributed by atoms with Crippen molar-refractivity contribution in [3.05, 3.63) is 27.7 Å². The summed E-state index contributed by atoms with van der Waals surface area (Å²) in [5.74, 6) is 0.759. The number of nitrogens with zero attached hydrogens (tertiary/aromatic N) is 1. The normalized spacial score (nSPS) is 13.5. The maximum absolute atomic E-state index is 11.5. The molecule has 0 amide bonds. The van der Waals surface area contributed by atoms with Crippen LogP contribution in [0, 0.1) is 0 Å². The van der Waals surface area contributed by atoms with Gasteiger partial charge in [0.2, 0.25) is 0 Å². The molecule has 0 aliphatic carbocycles. The quantitative estimate of drug-likeness (QED) is 0.772. The maximum Gasteiger partial charge on any atom is 0.319 e. The predicted octanol–water partition coefficient (Wildman–Crippen LogP) is 2.77. The Balaban J connectivity index is 2.20. The van der Waals surface area contributed by atoms with Gasteiger partial charge in [0.25, 0.3) is 0 Å². The lowest BCUT2D eigenvalue weighted by atomic mass is 10.1. The SMILES string of the molecule is COC(=O)CN(Cc1cc(Br)cc2c1OCC2)C(C)C. The number of hydrogen-bond donors (Lipinski definition) is 0. The van der Waals surface area contributed by atoms with Crippen LogP contribution in [0.25, 0.3) is 0 Å². The van der Waals surface area contributed by atoms with Gasteiger partial charge in [-0.2, -0.15) is 0 Å². The number of ether oxygens (including phenoxy) is 2. The minimum Gasteiger partial charge on any atom is -0.493 e. The van der Waals surface area contributed by atoms with Crippen molar-refractivity contribution >= 4 is 21.9 Å². The highest BCUT2D eigenvalue weighted by Crippen LogP contribution is 2.33. The molecule has 0 saturated carbocycles. The van der Waals surface area contributed by atoms with Gasteiger partial charge in [-0.15, -0.1) is 0 Å². The number of carbonyl (C=O) groups excluding carboxylic acids is 1. The lowest BCUT2D eigenvalue weighted by Gasteiger charge is -2.26. The first-order valence-corrected chi connectivity index (χ1v) is 7.55. The van der Waals surface area contributed by atoms with Crippen LogP contribution in [0.1, 0.15) is 25.0 Å². The minimum absolute atomic E-state index is 0.216. The fourth-order valence-electron chi connectivity index (χ4n) is 2.33. The van der Waals surface area contributed by atoms with Gasteiger partial charge in [-0.05, 0) is 31.5 Å². The van der Waals surface area contributed by atoms with Crippen LogP contribution >= 0.6 is 15.9 Å². The molecule has 0 radical (unpaired) electrons. The van der Waals surface area contributed by atoms with Gasteiger partial charge < -0.3 is 9.47 Å². The molecule has 1 aromatic carbocycles. The number of methoxy groups -OCH3 is 1. The first-order valence-electron chi connectivity index (χ1n) is 6.76. The van der Waals surface area contributed by atoms with Crippen LogP contribution in [0.4, 0.5) is 0 Å². The second kappa shape index (κ2) is 6.59. The Morgan fingerprint density at radius 3 is 2.90 bits per heavy atom. The molecule has 0 aromatic heterocycles. The third kappa shape index (κ3) is 3.52. The van der Waals surface area contributed by atoms with Gasteiger partial charge in [0.05, 0.1) is 20.3 Å². The van der Waals surface area contributed by atoms with Crippen molar-refractivity contribution in [2.45, 2.75) is 32.9 Å². The van der Waals surface area contributed by atoms with E-state index in [2.05, 4.69) is 46.8 Å². The third-order valence-corrected chi connectivity index (χ3v) is 3.95. The Hall–Kier alpha value is -1.07. The molecule has 0 spiro atoms. The van der Waals surface area contributed by atoms with Crippen LogP contribution < -0.4 is 4.74 Å². The van der Waals surface area contributed by atoms with E-state index in [9.17, 15) is 4.79 Å². The molecular formula is C15H20BrNO3. The van der Waals surface area contributed by atoms with Crippen molar-refractivity contribution in [2.24, 2.45) is 0 Å². The summed E-state index contributed by atoms with van der Waals surface area (Å²) in [7, 11) is 1.42. The van der Waals surface area contributed by atoms with Crippen molar-refractivity contribution in [1.82, 2.24) is 4.90 Å². The van der Waals surface area contributed by atoms with Crippen LogP contribution in [-0.2, 0) is 22.5 Å². The largest absolute Gasteiger partial charge is 0.493 e. The first-order chi connectivity index (χ1) is 9.51. The van der Waals surface area contributed by atoms with E-state index < -0.39 is 0 Å². The third-order valence-electron chi connectivity index (χ3n) is 3.49. The summed E-state index contributed by atoms with van der Waals surface area (Å²) in [6.45, 7) is 5.84. The lowest BCUT2D eigenvalue weighted by Crippen LogP contribution is -2.35. The highest BCUT2D eigenvalue weighted by atomic mass is 79.9. The molecule has 0 saturated heterocycles. The number of halogens is 1. The fraction of sp³-hybridized carbons (Fsp3) is 0.533. The number of hydrogen-bond acceptors (Lipinski definition) is 4. The van der Waals surface area contributed by atoms with E-state index >= 15 is 0 Å².